The first-order valence-electron chi connectivity index (χ1n) is 13.1. The normalized spacial score (nSPS) is 10.9. The number of nitrogens with zero attached hydrogens (tertiary/aromatic N) is 1. The number of hydrogen-bond donors (Lipinski definition) is 3. The summed E-state index contributed by atoms with van der Waals surface area (Å²) in [5.74, 6) is -0.135. The molecule has 214 valence electrons. The van der Waals surface area contributed by atoms with Gasteiger partial charge < -0.3 is 25.6 Å². The van der Waals surface area contributed by atoms with Crippen molar-refractivity contribution in [1.82, 2.24) is 5.32 Å². The van der Waals surface area contributed by atoms with Crippen LogP contribution in [0.1, 0.15) is 15.9 Å². The van der Waals surface area contributed by atoms with E-state index in [1.165, 1.54) is 11.8 Å². The third-order valence-electron chi connectivity index (χ3n) is 6.08. The Morgan fingerprint density at radius 1 is 0.810 bits per heavy atom. The maximum absolute atomic E-state index is 13.4. The highest BCUT2D eigenvalue weighted by Gasteiger charge is 2.16. The van der Waals surface area contributed by atoms with Crippen LogP contribution in [0.15, 0.2) is 114 Å². The zero-order valence-corrected chi connectivity index (χ0v) is 24.4. The van der Waals surface area contributed by atoms with Gasteiger partial charge in [-0.1, -0.05) is 36.4 Å². The number of carbonyl (C=O) groups excluding carboxylic acids is 3. The summed E-state index contributed by atoms with van der Waals surface area (Å²) >= 11 is 1.34. The Bertz CT molecular complexity index is 1550. The van der Waals surface area contributed by atoms with Gasteiger partial charge in [0.1, 0.15) is 11.4 Å². The van der Waals surface area contributed by atoms with Crippen LogP contribution in [0.2, 0.25) is 0 Å². The van der Waals surface area contributed by atoms with Crippen LogP contribution in [-0.4, -0.2) is 44.7 Å². The molecule has 0 atom stereocenters. The Balaban J connectivity index is 1.45. The molecule has 0 radical (unpaired) electrons. The van der Waals surface area contributed by atoms with Gasteiger partial charge in [0.05, 0.1) is 12.9 Å². The predicted octanol–water partition coefficient (Wildman–Crippen LogP) is 5.90. The van der Waals surface area contributed by atoms with Crippen molar-refractivity contribution in [1.29, 1.82) is 0 Å². The summed E-state index contributed by atoms with van der Waals surface area (Å²) in [5, 5.41) is 8.48. The van der Waals surface area contributed by atoms with Gasteiger partial charge in [-0.05, 0) is 78.4 Å². The highest BCUT2D eigenvalue weighted by molar-refractivity contribution is 8.00. The van der Waals surface area contributed by atoms with E-state index in [0.717, 1.165) is 16.1 Å². The molecule has 4 aromatic rings. The smallest absolute Gasteiger partial charge is 0.272 e. The van der Waals surface area contributed by atoms with Crippen LogP contribution in [0.25, 0.3) is 6.08 Å². The van der Waals surface area contributed by atoms with Gasteiger partial charge in [-0.15, -0.1) is 11.8 Å². The van der Waals surface area contributed by atoms with Crippen molar-refractivity contribution in [2.45, 2.75) is 4.90 Å². The maximum Gasteiger partial charge on any atom is 0.272 e. The lowest BCUT2D eigenvalue weighted by Gasteiger charge is -2.14. The Hall–Kier alpha value is -5.02. The number of anilines is 3. The Morgan fingerprint density at radius 3 is 2.19 bits per heavy atom. The number of rotatable bonds is 11. The van der Waals surface area contributed by atoms with Crippen LogP contribution in [0, 0.1) is 0 Å². The monoisotopic (exact) mass is 580 g/mol. The van der Waals surface area contributed by atoms with Crippen molar-refractivity contribution in [3.05, 3.63) is 120 Å². The molecular weight excluding hydrogens is 548 g/mol. The third kappa shape index (κ3) is 8.74. The fourth-order valence-corrected chi connectivity index (χ4v) is 4.62. The highest BCUT2D eigenvalue weighted by atomic mass is 32.2. The summed E-state index contributed by atoms with van der Waals surface area (Å²) < 4.78 is 5.14. The van der Waals surface area contributed by atoms with Crippen molar-refractivity contribution in [3.8, 4) is 5.75 Å². The lowest BCUT2D eigenvalue weighted by Crippen LogP contribution is -2.30. The van der Waals surface area contributed by atoms with E-state index in [4.69, 9.17) is 4.74 Å². The lowest BCUT2D eigenvalue weighted by atomic mass is 10.1. The summed E-state index contributed by atoms with van der Waals surface area (Å²) in [4.78, 5) is 41.6. The minimum atomic E-state index is -0.477. The van der Waals surface area contributed by atoms with Crippen molar-refractivity contribution >= 4 is 52.6 Å². The number of amides is 3. The van der Waals surface area contributed by atoms with Crippen molar-refractivity contribution in [2.75, 3.05) is 42.5 Å². The first-order chi connectivity index (χ1) is 20.3. The molecule has 0 aliphatic heterocycles. The second-order valence-electron chi connectivity index (χ2n) is 9.41. The van der Waals surface area contributed by atoms with Gasteiger partial charge in [-0.2, -0.15) is 0 Å². The van der Waals surface area contributed by atoms with Gasteiger partial charge in [-0.3, -0.25) is 14.4 Å². The number of thioether (sulfide) groups is 1. The van der Waals surface area contributed by atoms with Gasteiger partial charge in [0.25, 0.3) is 11.8 Å². The van der Waals surface area contributed by atoms with Gasteiger partial charge >= 0.3 is 0 Å². The molecule has 0 heterocycles. The number of carbonyl (C=O) groups is 3. The number of nitrogens with one attached hydrogen (secondary N) is 3. The summed E-state index contributed by atoms with van der Waals surface area (Å²) in [6.45, 7) is 0. The molecule has 8 nitrogen and oxygen atoms in total. The van der Waals surface area contributed by atoms with Crippen LogP contribution in [0.5, 0.6) is 5.75 Å². The summed E-state index contributed by atoms with van der Waals surface area (Å²) in [6.07, 6.45) is 1.64. The van der Waals surface area contributed by atoms with Crippen molar-refractivity contribution in [3.63, 3.8) is 0 Å². The molecule has 0 saturated carbocycles. The summed E-state index contributed by atoms with van der Waals surface area (Å²) in [5.41, 5.74) is 3.51. The number of ether oxygens (including phenoxy) is 1. The quantitative estimate of drug-likeness (QED) is 0.151. The first-order valence-corrected chi connectivity index (χ1v) is 14.1. The van der Waals surface area contributed by atoms with Gasteiger partial charge in [0, 0.05) is 41.6 Å². The van der Waals surface area contributed by atoms with Crippen LogP contribution in [0.3, 0.4) is 0 Å². The molecule has 9 heteroatoms. The standard InChI is InChI=1S/C33H32N4O4S/c1-37(2)27-16-12-23(13-17-27)20-30(36-32(39)24-8-5-4-6-9-24)33(40)35-26-10-7-11-29(21-26)42-22-31(38)34-25-14-18-28(41-3)19-15-25/h4-21H,22H2,1-3H3,(H,34,38)(H,35,40)(H,36,39)/b30-20+. The van der Waals surface area contributed by atoms with E-state index in [9.17, 15) is 14.4 Å². The molecule has 4 aromatic carbocycles. The van der Waals surface area contributed by atoms with E-state index >= 15 is 0 Å². The van der Waals surface area contributed by atoms with E-state index in [-0.39, 0.29) is 17.4 Å². The molecule has 42 heavy (non-hydrogen) atoms. The van der Waals surface area contributed by atoms with E-state index in [1.54, 1.807) is 79.9 Å². The Kier molecular flexibility index (Phi) is 10.4. The third-order valence-corrected chi connectivity index (χ3v) is 7.08. The predicted molar refractivity (Wildman–Crippen MR) is 170 cm³/mol. The topological polar surface area (TPSA) is 99.8 Å². The van der Waals surface area contributed by atoms with Crippen LogP contribution >= 0.6 is 11.8 Å². The fourth-order valence-electron chi connectivity index (χ4n) is 3.86. The number of hydrogen-bond acceptors (Lipinski definition) is 6. The lowest BCUT2D eigenvalue weighted by molar-refractivity contribution is -0.114. The first kappa shape index (κ1) is 30.0. The summed E-state index contributed by atoms with van der Waals surface area (Å²) in [7, 11) is 5.48. The minimum Gasteiger partial charge on any atom is -0.497 e. The van der Waals surface area contributed by atoms with Gasteiger partial charge in [0.15, 0.2) is 0 Å². The molecule has 3 N–H and O–H groups in total. The molecule has 0 saturated heterocycles. The molecule has 0 aliphatic carbocycles. The van der Waals surface area contributed by atoms with Gasteiger partial charge in [-0.25, -0.2) is 0 Å². The van der Waals surface area contributed by atoms with E-state index < -0.39 is 11.8 Å². The van der Waals surface area contributed by atoms with E-state index in [1.807, 2.05) is 55.4 Å². The Labute approximate surface area is 249 Å². The summed E-state index contributed by atoms with van der Waals surface area (Å²) in [6, 6.07) is 30.6. The molecule has 0 aromatic heterocycles. The van der Waals surface area contributed by atoms with Gasteiger partial charge in [0.2, 0.25) is 5.91 Å². The Morgan fingerprint density at radius 2 is 1.52 bits per heavy atom. The van der Waals surface area contributed by atoms with Crippen molar-refractivity contribution in [2.24, 2.45) is 0 Å². The van der Waals surface area contributed by atoms with E-state index in [0.29, 0.717) is 22.7 Å². The highest BCUT2D eigenvalue weighted by Crippen LogP contribution is 2.23. The van der Waals surface area contributed by atoms with Crippen molar-refractivity contribution < 1.29 is 19.1 Å². The second-order valence-corrected chi connectivity index (χ2v) is 10.5. The molecule has 0 bridgehead atoms. The molecular formula is C33H32N4O4S. The minimum absolute atomic E-state index is 0.0957. The van der Waals surface area contributed by atoms with Crippen LogP contribution in [0.4, 0.5) is 17.1 Å². The largest absolute Gasteiger partial charge is 0.497 e. The maximum atomic E-state index is 13.4. The van der Waals surface area contributed by atoms with Crippen LogP contribution in [-0.2, 0) is 9.59 Å². The SMILES string of the molecule is COc1ccc(NC(=O)CSc2cccc(NC(=O)/C(=C\c3ccc(N(C)C)cc3)NC(=O)c3ccccc3)c2)cc1. The van der Waals surface area contributed by atoms with E-state index in [2.05, 4.69) is 16.0 Å². The second kappa shape index (κ2) is 14.6. The van der Waals surface area contributed by atoms with Crippen LogP contribution < -0.4 is 25.6 Å². The zero-order chi connectivity index (χ0) is 29.9. The molecule has 4 rings (SSSR count). The molecule has 0 aliphatic rings. The zero-order valence-electron chi connectivity index (χ0n) is 23.6. The number of benzene rings is 4. The average Bonchev–Trinajstić information content (AvgIpc) is 3.01. The fraction of sp³-hybridized carbons (Fsp3) is 0.121. The number of methoxy groups -OCH3 is 1. The molecule has 0 spiro atoms. The molecule has 0 fully saturated rings. The molecule has 0 unspecified atom stereocenters. The molecule has 3 amide bonds. The average molecular weight is 581 g/mol.